The van der Waals surface area contributed by atoms with Crippen LogP contribution in [-0.2, 0) is 10.3 Å². The minimum atomic E-state index is -0.765. The van der Waals surface area contributed by atoms with Crippen LogP contribution in [0.4, 0.5) is 0 Å². The molecule has 0 N–H and O–H groups in total. The van der Waals surface area contributed by atoms with Crippen molar-refractivity contribution in [3.8, 4) is 0 Å². The third kappa shape index (κ3) is 3.57. The summed E-state index contributed by atoms with van der Waals surface area (Å²) < 4.78 is 7.08. The van der Waals surface area contributed by atoms with Crippen LogP contribution in [0.5, 0.6) is 0 Å². The summed E-state index contributed by atoms with van der Waals surface area (Å²) in [7, 11) is 0. The largest absolute Gasteiger partial charge is 0.361 e. The fourth-order valence-electron chi connectivity index (χ4n) is 6.26. The van der Waals surface area contributed by atoms with Gasteiger partial charge in [0.2, 0.25) is 0 Å². The average Bonchev–Trinajstić information content (AvgIpc) is 3.36. The summed E-state index contributed by atoms with van der Waals surface area (Å²) in [6.45, 7) is 5.11. The molecule has 0 saturated heterocycles. The first-order chi connectivity index (χ1) is 15.5. The third-order valence-electron chi connectivity index (χ3n) is 8.11. The molecular formula is C29H33NO2. The Hall–Kier alpha value is -2.52. The van der Waals surface area contributed by atoms with E-state index in [0.29, 0.717) is 12.0 Å². The van der Waals surface area contributed by atoms with Crippen molar-refractivity contribution in [2.75, 3.05) is 6.61 Å². The number of hydrogen-bond acceptors (Lipinski definition) is 3. The monoisotopic (exact) mass is 427 g/mol. The van der Waals surface area contributed by atoms with Crippen molar-refractivity contribution in [1.29, 1.82) is 0 Å². The van der Waals surface area contributed by atoms with Gasteiger partial charge in [-0.1, -0.05) is 98.3 Å². The lowest BCUT2D eigenvalue weighted by atomic mass is 9.66. The highest BCUT2D eigenvalue weighted by atomic mass is 16.5. The van der Waals surface area contributed by atoms with Crippen LogP contribution < -0.4 is 0 Å². The first-order valence-electron chi connectivity index (χ1n) is 12.0. The van der Waals surface area contributed by atoms with Gasteiger partial charge in [-0.2, -0.15) is 0 Å². The van der Waals surface area contributed by atoms with Crippen LogP contribution >= 0.6 is 0 Å². The zero-order chi connectivity index (χ0) is 22.2. The van der Waals surface area contributed by atoms with Gasteiger partial charge in [-0.05, 0) is 59.8 Å². The van der Waals surface area contributed by atoms with E-state index in [2.05, 4.69) is 73.6 Å². The first-order valence-corrected chi connectivity index (χ1v) is 12.0. The Kier molecular flexibility index (Phi) is 5.41. The zero-order valence-corrected chi connectivity index (χ0v) is 19.2. The molecule has 166 valence electrons. The number of nitroso groups, excluding NO2 is 1. The van der Waals surface area contributed by atoms with E-state index in [1.165, 1.54) is 25.7 Å². The maximum absolute atomic E-state index is 11.6. The summed E-state index contributed by atoms with van der Waals surface area (Å²) in [4.78, 5) is 11.6. The molecule has 2 fully saturated rings. The van der Waals surface area contributed by atoms with E-state index in [0.717, 1.165) is 29.0 Å². The predicted octanol–water partition coefficient (Wildman–Crippen LogP) is 7.18. The van der Waals surface area contributed by atoms with Gasteiger partial charge in [0.25, 0.3) is 0 Å². The zero-order valence-electron chi connectivity index (χ0n) is 19.2. The van der Waals surface area contributed by atoms with E-state index < -0.39 is 11.6 Å². The topological polar surface area (TPSA) is 38.7 Å². The fourth-order valence-corrected chi connectivity index (χ4v) is 6.26. The van der Waals surface area contributed by atoms with E-state index in [1.54, 1.807) is 0 Å². The second-order valence-electron chi connectivity index (χ2n) is 10.4. The molecule has 2 saturated carbocycles. The van der Waals surface area contributed by atoms with Crippen molar-refractivity contribution in [3.05, 3.63) is 100 Å². The van der Waals surface area contributed by atoms with Crippen LogP contribution in [0.15, 0.2) is 89.6 Å². The average molecular weight is 428 g/mol. The Balaban J connectivity index is 1.62. The SMILES string of the molecule is CC1(C)C=CC(N=O)C=C1C(OCC[C@]12CCC[C@H]1C2)(c1ccccc1)c1ccccc1. The van der Waals surface area contributed by atoms with Crippen molar-refractivity contribution in [3.63, 3.8) is 0 Å². The number of rotatable bonds is 8. The van der Waals surface area contributed by atoms with Gasteiger partial charge in [0, 0.05) is 12.0 Å². The third-order valence-corrected chi connectivity index (χ3v) is 8.11. The van der Waals surface area contributed by atoms with E-state index in [-0.39, 0.29) is 5.41 Å². The Morgan fingerprint density at radius 1 is 1.03 bits per heavy atom. The molecule has 3 nitrogen and oxygen atoms in total. The van der Waals surface area contributed by atoms with Gasteiger partial charge in [0.05, 0.1) is 0 Å². The molecule has 0 spiro atoms. The second kappa shape index (κ2) is 8.12. The van der Waals surface area contributed by atoms with Crippen LogP contribution in [-0.4, -0.2) is 12.6 Å². The van der Waals surface area contributed by atoms with E-state index in [1.807, 2.05) is 24.3 Å². The minimum Gasteiger partial charge on any atom is -0.361 e. The summed E-state index contributed by atoms with van der Waals surface area (Å²) in [6, 6.07) is 20.5. The molecule has 0 aromatic heterocycles. The number of benzene rings is 2. The highest BCUT2D eigenvalue weighted by Crippen LogP contribution is 2.65. The normalized spacial score (nSPS) is 28.1. The maximum Gasteiger partial charge on any atom is 0.140 e. The van der Waals surface area contributed by atoms with Crippen LogP contribution in [0.3, 0.4) is 0 Å². The molecule has 0 amide bonds. The number of fused-ring (bicyclic) bond motifs is 1. The van der Waals surface area contributed by atoms with Crippen LogP contribution in [0.2, 0.25) is 0 Å². The standard InChI is InChI=1S/C29H33NO2/c1-27(2)17-15-25(30-31)20-26(27)29(22-10-5-3-6-11-22,23-12-7-4-8-13-23)32-19-18-28-16-9-14-24(28)21-28/h3-8,10-13,15,17,20,24-25H,9,14,16,18-19,21H2,1-2H3/t24-,25?,28-/m0/s1. The van der Waals surface area contributed by atoms with E-state index >= 15 is 0 Å². The van der Waals surface area contributed by atoms with Crippen LogP contribution in [0.25, 0.3) is 0 Å². The molecule has 1 unspecified atom stereocenters. The maximum atomic E-state index is 11.6. The van der Waals surface area contributed by atoms with E-state index in [4.69, 9.17) is 4.74 Å². The molecule has 32 heavy (non-hydrogen) atoms. The van der Waals surface area contributed by atoms with Crippen LogP contribution in [0, 0.1) is 21.7 Å². The van der Waals surface area contributed by atoms with Crippen molar-refractivity contribution in [2.45, 2.75) is 57.6 Å². The molecule has 5 rings (SSSR count). The second-order valence-corrected chi connectivity index (χ2v) is 10.4. The summed E-state index contributed by atoms with van der Waals surface area (Å²) in [6.07, 6.45) is 12.6. The Bertz CT molecular complexity index is 984. The van der Waals surface area contributed by atoms with Gasteiger partial charge in [0.1, 0.15) is 11.6 Å². The molecule has 3 heteroatoms. The molecule has 3 aliphatic carbocycles. The van der Waals surface area contributed by atoms with Gasteiger partial charge < -0.3 is 4.74 Å². The van der Waals surface area contributed by atoms with Gasteiger partial charge >= 0.3 is 0 Å². The van der Waals surface area contributed by atoms with Gasteiger partial charge in [0.15, 0.2) is 0 Å². The van der Waals surface area contributed by atoms with Crippen LogP contribution in [0.1, 0.15) is 57.1 Å². The van der Waals surface area contributed by atoms with Crippen molar-refractivity contribution in [2.24, 2.45) is 21.9 Å². The number of ether oxygens (including phenoxy) is 1. The van der Waals surface area contributed by atoms with Gasteiger partial charge in [-0.3, -0.25) is 0 Å². The summed E-state index contributed by atoms with van der Waals surface area (Å²) in [5, 5.41) is 3.36. The Morgan fingerprint density at radius 3 is 2.22 bits per heavy atom. The highest BCUT2D eigenvalue weighted by Gasteiger charge is 2.56. The summed E-state index contributed by atoms with van der Waals surface area (Å²) in [5.74, 6) is 0.908. The van der Waals surface area contributed by atoms with Gasteiger partial charge in [-0.15, -0.1) is 4.91 Å². The Morgan fingerprint density at radius 2 is 1.69 bits per heavy atom. The lowest BCUT2D eigenvalue weighted by Crippen LogP contribution is -2.41. The fraction of sp³-hybridized carbons (Fsp3) is 0.448. The van der Waals surface area contributed by atoms with Crippen molar-refractivity contribution < 1.29 is 4.74 Å². The molecule has 2 aromatic rings. The predicted molar refractivity (Wildman–Crippen MR) is 129 cm³/mol. The molecular weight excluding hydrogens is 394 g/mol. The number of hydrogen-bond donors (Lipinski definition) is 0. The quantitative estimate of drug-likeness (QED) is 0.330. The first kappa shape index (κ1) is 21.3. The lowest BCUT2D eigenvalue weighted by Gasteiger charge is -2.45. The molecule has 3 atom stereocenters. The van der Waals surface area contributed by atoms with Gasteiger partial charge in [-0.25, -0.2) is 0 Å². The molecule has 0 radical (unpaired) electrons. The highest BCUT2D eigenvalue weighted by molar-refractivity contribution is 5.51. The molecule has 0 heterocycles. The smallest absolute Gasteiger partial charge is 0.140 e. The van der Waals surface area contributed by atoms with Crippen molar-refractivity contribution >= 4 is 0 Å². The number of nitrogens with zero attached hydrogens (tertiary/aromatic N) is 1. The molecule has 0 aliphatic heterocycles. The lowest BCUT2D eigenvalue weighted by molar-refractivity contribution is -0.00954. The molecule has 3 aliphatic rings. The van der Waals surface area contributed by atoms with Crippen molar-refractivity contribution in [1.82, 2.24) is 0 Å². The minimum absolute atomic E-state index is 0.277. The number of allylic oxidation sites excluding steroid dienone is 1. The molecule has 2 aromatic carbocycles. The summed E-state index contributed by atoms with van der Waals surface area (Å²) in [5.41, 5.74) is 2.76. The molecule has 0 bridgehead atoms. The Labute approximate surface area is 191 Å². The van der Waals surface area contributed by atoms with E-state index in [9.17, 15) is 4.91 Å². The summed E-state index contributed by atoms with van der Waals surface area (Å²) >= 11 is 0.